The van der Waals surface area contributed by atoms with Gasteiger partial charge < -0.3 is 14.5 Å². The van der Waals surface area contributed by atoms with Crippen molar-refractivity contribution in [2.24, 2.45) is 4.99 Å². The molecule has 9 heteroatoms. The zero-order chi connectivity index (χ0) is 30.8. The molecule has 1 amide bonds. The van der Waals surface area contributed by atoms with Crippen molar-refractivity contribution in [3.8, 4) is 11.3 Å². The van der Waals surface area contributed by atoms with E-state index in [1.165, 1.54) is 11.3 Å². The first-order chi connectivity index (χ1) is 21.3. The number of fused-ring (bicyclic) bond motifs is 1. The Hall–Kier alpha value is -5.28. The van der Waals surface area contributed by atoms with Gasteiger partial charge in [0.1, 0.15) is 11.5 Å². The van der Waals surface area contributed by atoms with E-state index in [1.807, 2.05) is 67.6 Å². The van der Waals surface area contributed by atoms with Crippen LogP contribution in [0.25, 0.3) is 17.4 Å². The van der Waals surface area contributed by atoms with Gasteiger partial charge in [-0.1, -0.05) is 71.5 Å². The number of carbonyl (C=O) groups is 2. The van der Waals surface area contributed by atoms with Crippen molar-refractivity contribution in [1.29, 1.82) is 0 Å². The third-order valence-electron chi connectivity index (χ3n) is 7.25. The van der Waals surface area contributed by atoms with E-state index in [0.717, 1.165) is 11.1 Å². The molecule has 3 aromatic carbocycles. The standard InChI is InChI=1S/C35H29N3O5S/c1-4-42-34(41)25-10-8-9-24(19-25)28-18-17-27(43-28)20-29-33(40)38-31(23-15-13-21(2)14-16-23)30(22(3)36-35(38)44-29)32(39)37-26-11-6-5-7-12-26/h5-20,31H,4H2,1-3H3,(H,37,39)/b29-20-. The maximum Gasteiger partial charge on any atom is 0.338 e. The maximum atomic E-state index is 14.0. The number of anilines is 1. The van der Waals surface area contributed by atoms with E-state index in [9.17, 15) is 14.4 Å². The van der Waals surface area contributed by atoms with E-state index < -0.39 is 12.0 Å². The molecular formula is C35H29N3O5S. The Morgan fingerprint density at radius 1 is 1.00 bits per heavy atom. The van der Waals surface area contributed by atoms with Gasteiger partial charge in [0, 0.05) is 17.3 Å². The van der Waals surface area contributed by atoms with Crippen molar-refractivity contribution in [2.45, 2.75) is 26.8 Å². The van der Waals surface area contributed by atoms with Gasteiger partial charge in [-0.3, -0.25) is 14.2 Å². The van der Waals surface area contributed by atoms with E-state index in [2.05, 4.69) is 5.32 Å². The zero-order valence-corrected chi connectivity index (χ0v) is 25.2. The highest BCUT2D eigenvalue weighted by molar-refractivity contribution is 7.07. The Bertz CT molecular complexity index is 2090. The molecule has 0 saturated heterocycles. The third-order valence-corrected chi connectivity index (χ3v) is 8.23. The highest BCUT2D eigenvalue weighted by atomic mass is 32.1. The molecule has 6 rings (SSSR count). The molecule has 0 aliphatic carbocycles. The molecule has 3 heterocycles. The molecule has 0 saturated carbocycles. The number of carbonyl (C=O) groups excluding carboxylic acids is 2. The summed E-state index contributed by atoms with van der Waals surface area (Å²) < 4.78 is 13.2. The van der Waals surface area contributed by atoms with Crippen molar-refractivity contribution >= 4 is 35.0 Å². The summed E-state index contributed by atoms with van der Waals surface area (Å²) in [5.41, 5.74) is 4.32. The zero-order valence-electron chi connectivity index (χ0n) is 24.4. The van der Waals surface area contributed by atoms with Crippen molar-refractivity contribution in [2.75, 3.05) is 11.9 Å². The molecule has 1 aliphatic heterocycles. The molecule has 0 radical (unpaired) electrons. The number of aryl methyl sites for hydroxylation is 1. The minimum atomic E-state index is -0.671. The number of furan rings is 1. The number of esters is 1. The lowest BCUT2D eigenvalue weighted by Gasteiger charge is -2.25. The lowest BCUT2D eigenvalue weighted by atomic mass is 9.94. The van der Waals surface area contributed by atoms with Crippen LogP contribution < -0.4 is 20.2 Å². The summed E-state index contributed by atoms with van der Waals surface area (Å²) in [5, 5.41) is 2.97. The molecular weight excluding hydrogens is 574 g/mol. The Kier molecular flexibility index (Phi) is 7.95. The molecule has 0 bridgehead atoms. The summed E-state index contributed by atoms with van der Waals surface area (Å²) >= 11 is 1.24. The van der Waals surface area contributed by atoms with Crippen molar-refractivity contribution in [1.82, 2.24) is 4.57 Å². The first kappa shape index (κ1) is 28.8. The molecule has 1 aliphatic rings. The van der Waals surface area contributed by atoms with Gasteiger partial charge in [0.05, 0.1) is 34.0 Å². The van der Waals surface area contributed by atoms with Crippen LogP contribution in [0, 0.1) is 6.92 Å². The predicted octanol–water partition coefficient (Wildman–Crippen LogP) is 5.62. The van der Waals surface area contributed by atoms with Gasteiger partial charge in [0.2, 0.25) is 0 Å². The minimum Gasteiger partial charge on any atom is -0.462 e. The molecule has 44 heavy (non-hydrogen) atoms. The predicted molar refractivity (Wildman–Crippen MR) is 170 cm³/mol. The van der Waals surface area contributed by atoms with E-state index in [-0.39, 0.29) is 18.1 Å². The molecule has 1 N–H and O–H groups in total. The summed E-state index contributed by atoms with van der Waals surface area (Å²) in [5.74, 6) is 0.287. The summed E-state index contributed by atoms with van der Waals surface area (Å²) in [6, 6.07) is 26.9. The monoisotopic (exact) mass is 603 g/mol. The fourth-order valence-corrected chi connectivity index (χ4v) is 6.15. The van der Waals surface area contributed by atoms with Crippen LogP contribution >= 0.6 is 11.3 Å². The topological polar surface area (TPSA) is 103 Å². The number of allylic oxidation sites excluding steroid dienone is 1. The molecule has 1 atom stereocenters. The highest BCUT2D eigenvalue weighted by Crippen LogP contribution is 2.31. The lowest BCUT2D eigenvalue weighted by molar-refractivity contribution is -0.113. The molecule has 220 valence electrons. The van der Waals surface area contributed by atoms with E-state index >= 15 is 0 Å². The SMILES string of the molecule is CCOC(=O)c1cccc(-c2ccc(/C=c3\sc4n(c3=O)C(c3ccc(C)cc3)C(C(=O)Nc3ccccc3)=C(C)N=4)o2)c1. The number of aromatic nitrogens is 1. The van der Waals surface area contributed by atoms with Crippen LogP contribution in [0.1, 0.15) is 47.1 Å². The number of rotatable bonds is 7. The van der Waals surface area contributed by atoms with Crippen LogP contribution in [-0.2, 0) is 9.53 Å². The van der Waals surface area contributed by atoms with Crippen molar-refractivity contribution in [3.63, 3.8) is 0 Å². The van der Waals surface area contributed by atoms with Gasteiger partial charge in [-0.25, -0.2) is 9.79 Å². The Morgan fingerprint density at radius 3 is 2.52 bits per heavy atom. The molecule has 8 nitrogen and oxygen atoms in total. The average Bonchev–Trinajstić information content (AvgIpc) is 3.61. The normalized spacial score (nSPS) is 14.6. The van der Waals surface area contributed by atoms with Gasteiger partial charge in [0.25, 0.3) is 11.5 Å². The summed E-state index contributed by atoms with van der Waals surface area (Å²) in [6.45, 7) is 5.83. The van der Waals surface area contributed by atoms with Gasteiger partial charge >= 0.3 is 5.97 Å². The summed E-state index contributed by atoms with van der Waals surface area (Å²) in [7, 11) is 0. The first-order valence-electron chi connectivity index (χ1n) is 14.2. The van der Waals surface area contributed by atoms with Gasteiger partial charge in [-0.15, -0.1) is 0 Å². The number of hydrogen-bond donors (Lipinski definition) is 1. The number of para-hydroxylation sites is 1. The number of benzene rings is 3. The minimum absolute atomic E-state index is 0.279. The van der Waals surface area contributed by atoms with Gasteiger partial charge in [0.15, 0.2) is 4.80 Å². The van der Waals surface area contributed by atoms with Crippen LogP contribution in [0.3, 0.4) is 0 Å². The Labute approximate surface area is 257 Å². The maximum absolute atomic E-state index is 14.0. The number of hydrogen-bond acceptors (Lipinski definition) is 7. The van der Waals surface area contributed by atoms with Crippen LogP contribution in [0.5, 0.6) is 0 Å². The fraction of sp³-hybridized carbons (Fsp3) is 0.143. The highest BCUT2D eigenvalue weighted by Gasteiger charge is 2.32. The Morgan fingerprint density at radius 2 is 1.77 bits per heavy atom. The molecule has 1 unspecified atom stereocenters. The first-order valence-corrected chi connectivity index (χ1v) is 15.0. The quantitative estimate of drug-likeness (QED) is 0.243. The lowest BCUT2D eigenvalue weighted by Crippen LogP contribution is -2.40. The summed E-state index contributed by atoms with van der Waals surface area (Å²) in [4.78, 5) is 45.1. The van der Waals surface area contributed by atoms with E-state index in [0.29, 0.717) is 48.9 Å². The van der Waals surface area contributed by atoms with Crippen LogP contribution in [0.4, 0.5) is 5.69 Å². The second kappa shape index (κ2) is 12.1. The van der Waals surface area contributed by atoms with E-state index in [1.54, 1.807) is 54.8 Å². The number of nitrogens with one attached hydrogen (secondary N) is 1. The molecule has 5 aromatic rings. The second-order valence-corrected chi connectivity index (χ2v) is 11.3. The number of nitrogens with zero attached hydrogens (tertiary/aromatic N) is 2. The summed E-state index contributed by atoms with van der Waals surface area (Å²) in [6.07, 6.45) is 1.68. The number of ether oxygens (including phenoxy) is 1. The van der Waals surface area contributed by atoms with Crippen molar-refractivity contribution < 1.29 is 18.7 Å². The van der Waals surface area contributed by atoms with Crippen LogP contribution in [0.15, 0.2) is 116 Å². The molecule has 0 fully saturated rings. The van der Waals surface area contributed by atoms with Crippen LogP contribution in [0.2, 0.25) is 0 Å². The fourth-order valence-electron chi connectivity index (χ4n) is 5.12. The Balaban J connectivity index is 1.40. The largest absolute Gasteiger partial charge is 0.462 e. The average molecular weight is 604 g/mol. The third kappa shape index (κ3) is 5.69. The van der Waals surface area contributed by atoms with Crippen molar-refractivity contribution in [3.05, 3.63) is 144 Å². The molecule has 0 spiro atoms. The number of thiazole rings is 1. The smallest absolute Gasteiger partial charge is 0.338 e. The molecule has 2 aromatic heterocycles. The van der Waals surface area contributed by atoms with Gasteiger partial charge in [-0.05, 0) is 62.7 Å². The van der Waals surface area contributed by atoms with Gasteiger partial charge in [-0.2, -0.15) is 0 Å². The van der Waals surface area contributed by atoms with E-state index in [4.69, 9.17) is 14.1 Å². The number of amides is 1. The second-order valence-electron chi connectivity index (χ2n) is 10.3. The van der Waals surface area contributed by atoms with Crippen LogP contribution in [-0.4, -0.2) is 23.1 Å².